The topological polar surface area (TPSA) is 77.1 Å². The summed E-state index contributed by atoms with van der Waals surface area (Å²) in [6.07, 6.45) is 1.80. The Bertz CT molecular complexity index is 784. The minimum Gasteiger partial charge on any atom is -0.366 e. The molecule has 1 aromatic heterocycles. The Hall–Kier alpha value is -2.15. The van der Waals surface area contributed by atoms with Gasteiger partial charge in [-0.15, -0.1) is 0 Å². The molecule has 5 nitrogen and oxygen atoms in total. The van der Waals surface area contributed by atoms with E-state index in [0.29, 0.717) is 5.69 Å². The number of rotatable bonds is 4. The van der Waals surface area contributed by atoms with Gasteiger partial charge in [0.05, 0.1) is 0 Å². The van der Waals surface area contributed by atoms with Crippen molar-refractivity contribution in [3.05, 3.63) is 51.5 Å². The van der Waals surface area contributed by atoms with E-state index in [1.165, 1.54) is 13.0 Å². The molecule has 0 radical (unpaired) electrons. The van der Waals surface area contributed by atoms with Gasteiger partial charge in [-0.25, -0.2) is 4.39 Å². The predicted octanol–water partition coefficient (Wildman–Crippen LogP) is 3.63. The van der Waals surface area contributed by atoms with E-state index < -0.39 is 17.6 Å². The number of aromatic nitrogens is 1. The molecule has 1 aromatic carbocycles. The molecule has 0 unspecified atom stereocenters. The summed E-state index contributed by atoms with van der Waals surface area (Å²) >= 11 is 3.34. The van der Waals surface area contributed by atoms with E-state index in [4.69, 9.17) is 5.73 Å². The molecule has 2 amide bonds. The summed E-state index contributed by atoms with van der Waals surface area (Å²) in [5, 5.41) is 2.64. The molecule has 0 atom stereocenters. The number of carbonyl (C=O) groups is 2. The number of nitrogens with one attached hydrogen (secondary N) is 1. The monoisotopic (exact) mass is 381 g/mol. The Morgan fingerprint density at radius 1 is 1.30 bits per heavy atom. The fourth-order valence-electron chi connectivity index (χ4n) is 2.19. The molecule has 0 bridgehead atoms. The number of hydrogen-bond acceptors (Lipinski definition) is 2. The molecule has 0 aliphatic carbocycles. The highest BCUT2D eigenvalue weighted by atomic mass is 79.9. The van der Waals surface area contributed by atoms with Crippen molar-refractivity contribution in [3.8, 4) is 0 Å². The number of carbonyl (C=O) groups excluding carboxylic acids is 2. The number of anilines is 1. The third-order valence-electron chi connectivity index (χ3n) is 3.48. The fourth-order valence-corrected chi connectivity index (χ4v) is 2.63. The van der Waals surface area contributed by atoms with Crippen LogP contribution < -0.4 is 11.1 Å². The molecule has 0 aliphatic rings. The SMILES string of the molecule is Cc1c(F)cc(C(N)=O)cc1NC(=O)c1cc(Br)cn1C(C)C. The van der Waals surface area contributed by atoms with E-state index >= 15 is 0 Å². The van der Waals surface area contributed by atoms with Crippen molar-refractivity contribution < 1.29 is 14.0 Å². The third kappa shape index (κ3) is 3.61. The molecule has 1 heterocycles. The molecular weight excluding hydrogens is 365 g/mol. The quantitative estimate of drug-likeness (QED) is 0.847. The van der Waals surface area contributed by atoms with Crippen LogP contribution >= 0.6 is 15.9 Å². The zero-order valence-electron chi connectivity index (χ0n) is 13.0. The summed E-state index contributed by atoms with van der Waals surface area (Å²) in [6.45, 7) is 5.41. The van der Waals surface area contributed by atoms with Gasteiger partial charge in [0.1, 0.15) is 11.5 Å². The van der Waals surface area contributed by atoms with Gasteiger partial charge >= 0.3 is 0 Å². The van der Waals surface area contributed by atoms with E-state index in [9.17, 15) is 14.0 Å². The third-order valence-corrected chi connectivity index (χ3v) is 3.91. The second kappa shape index (κ2) is 6.54. The van der Waals surface area contributed by atoms with Crippen molar-refractivity contribution in [1.82, 2.24) is 4.57 Å². The van der Waals surface area contributed by atoms with Gasteiger partial charge in [0, 0.05) is 33.5 Å². The highest BCUT2D eigenvalue weighted by molar-refractivity contribution is 9.10. The van der Waals surface area contributed by atoms with Crippen LogP contribution in [0, 0.1) is 12.7 Å². The number of benzene rings is 1. The number of hydrogen-bond donors (Lipinski definition) is 2. The Labute approximate surface area is 141 Å². The Kier molecular flexibility index (Phi) is 4.89. The van der Waals surface area contributed by atoms with Crippen molar-refractivity contribution in [1.29, 1.82) is 0 Å². The van der Waals surface area contributed by atoms with Crippen molar-refractivity contribution >= 4 is 33.4 Å². The maximum absolute atomic E-state index is 13.9. The van der Waals surface area contributed by atoms with Gasteiger partial charge in [-0.1, -0.05) is 0 Å². The van der Waals surface area contributed by atoms with Gasteiger partial charge in [-0.3, -0.25) is 9.59 Å². The lowest BCUT2D eigenvalue weighted by Crippen LogP contribution is -2.19. The maximum atomic E-state index is 13.9. The average Bonchev–Trinajstić information content (AvgIpc) is 2.85. The molecule has 2 aromatic rings. The van der Waals surface area contributed by atoms with Gasteiger partial charge in [0.15, 0.2) is 0 Å². The zero-order valence-corrected chi connectivity index (χ0v) is 14.6. The minimum atomic E-state index is -0.757. The molecule has 0 saturated heterocycles. The first-order chi connectivity index (χ1) is 10.7. The van der Waals surface area contributed by atoms with Crippen LogP contribution in [0.25, 0.3) is 0 Å². The summed E-state index contributed by atoms with van der Waals surface area (Å²) in [5.74, 6) is -1.75. The lowest BCUT2D eigenvalue weighted by Gasteiger charge is -2.14. The molecule has 122 valence electrons. The van der Waals surface area contributed by atoms with Gasteiger partial charge in [-0.2, -0.15) is 0 Å². The van der Waals surface area contributed by atoms with Crippen LogP contribution in [0.4, 0.5) is 10.1 Å². The molecule has 23 heavy (non-hydrogen) atoms. The molecule has 0 saturated carbocycles. The molecule has 7 heteroatoms. The van der Waals surface area contributed by atoms with Gasteiger partial charge in [-0.05, 0) is 54.9 Å². The lowest BCUT2D eigenvalue weighted by atomic mass is 10.1. The number of amides is 2. The number of nitrogens with two attached hydrogens (primary N) is 1. The van der Waals surface area contributed by atoms with E-state index in [1.54, 1.807) is 16.8 Å². The Morgan fingerprint density at radius 2 is 1.96 bits per heavy atom. The smallest absolute Gasteiger partial charge is 0.272 e. The standard InChI is InChI=1S/C16H17BrFN3O2/c1-8(2)21-7-11(17)6-14(21)16(23)20-13-5-10(15(19)22)4-12(18)9(13)3/h4-8H,1-3H3,(H2,19,22)(H,20,23). The Balaban J connectivity index is 2.39. The molecule has 2 rings (SSSR count). The summed E-state index contributed by atoms with van der Waals surface area (Å²) in [5.41, 5.74) is 6.07. The van der Waals surface area contributed by atoms with E-state index in [2.05, 4.69) is 21.2 Å². The van der Waals surface area contributed by atoms with E-state index in [1.807, 2.05) is 13.8 Å². The predicted molar refractivity (Wildman–Crippen MR) is 90.1 cm³/mol. The summed E-state index contributed by atoms with van der Waals surface area (Å²) in [7, 11) is 0. The van der Waals surface area contributed by atoms with Crippen molar-refractivity contribution in [2.75, 3.05) is 5.32 Å². The van der Waals surface area contributed by atoms with Gasteiger partial charge in [0.25, 0.3) is 5.91 Å². The second-order valence-corrected chi connectivity index (χ2v) is 6.41. The van der Waals surface area contributed by atoms with Crippen molar-refractivity contribution in [2.24, 2.45) is 5.73 Å². The number of halogens is 2. The Morgan fingerprint density at radius 3 is 2.52 bits per heavy atom. The van der Waals surface area contributed by atoms with Crippen LogP contribution in [0.5, 0.6) is 0 Å². The number of nitrogens with zero attached hydrogens (tertiary/aromatic N) is 1. The minimum absolute atomic E-state index is 0.00354. The highest BCUT2D eigenvalue weighted by Gasteiger charge is 2.18. The first-order valence-electron chi connectivity index (χ1n) is 6.99. The first kappa shape index (κ1) is 17.2. The first-order valence-corrected chi connectivity index (χ1v) is 7.78. The van der Waals surface area contributed by atoms with E-state index in [-0.39, 0.29) is 22.9 Å². The molecular formula is C16H17BrFN3O2. The fraction of sp³-hybridized carbons (Fsp3) is 0.250. The van der Waals surface area contributed by atoms with Crippen LogP contribution in [-0.4, -0.2) is 16.4 Å². The normalized spacial score (nSPS) is 10.9. The molecule has 3 N–H and O–H groups in total. The summed E-state index contributed by atoms with van der Waals surface area (Å²) < 4.78 is 16.5. The maximum Gasteiger partial charge on any atom is 0.272 e. The van der Waals surface area contributed by atoms with Crippen molar-refractivity contribution in [2.45, 2.75) is 26.8 Å². The summed E-state index contributed by atoms with van der Waals surface area (Å²) in [6, 6.07) is 4.19. The molecule has 0 fully saturated rings. The summed E-state index contributed by atoms with van der Waals surface area (Å²) in [4.78, 5) is 23.8. The van der Waals surface area contributed by atoms with Gasteiger partial charge in [0.2, 0.25) is 5.91 Å². The largest absolute Gasteiger partial charge is 0.366 e. The van der Waals surface area contributed by atoms with Crippen LogP contribution in [0.3, 0.4) is 0 Å². The number of primary amides is 1. The van der Waals surface area contributed by atoms with E-state index in [0.717, 1.165) is 10.5 Å². The average molecular weight is 382 g/mol. The molecule has 0 aliphatic heterocycles. The zero-order chi connectivity index (χ0) is 17.3. The highest BCUT2D eigenvalue weighted by Crippen LogP contribution is 2.24. The van der Waals surface area contributed by atoms with Crippen LogP contribution in [0.1, 0.15) is 46.3 Å². The second-order valence-electron chi connectivity index (χ2n) is 5.49. The lowest BCUT2D eigenvalue weighted by molar-refractivity contribution is 0.0994. The van der Waals surface area contributed by atoms with Crippen LogP contribution in [-0.2, 0) is 0 Å². The molecule has 0 spiro atoms. The van der Waals surface area contributed by atoms with Crippen molar-refractivity contribution in [3.63, 3.8) is 0 Å². The van der Waals surface area contributed by atoms with Crippen LogP contribution in [0.15, 0.2) is 28.9 Å². The van der Waals surface area contributed by atoms with Gasteiger partial charge < -0.3 is 15.6 Å². The van der Waals surface area contributed by atoms with Crippen LogP contribution in [0.2, 0.25) is 0 Å².